The van der Waals surface area contributed by atoms with E-state index in [1.165, 1.54) is 21.8 Å². The molecule has 0 saturated carbocycles. The van der Waals surface area contributed by atoms with Gasteiger partial charge in [-0.05, 0) is 63.5 Å². The van der Waals surface area contributed by atoms with Crippen LogP contribution >= 0.6 is 0 Å². The van der Waals surface area contributed by atoms with Crippen LogP contribution in [0.1, 0.15) is 27.7 Å². The van der Waals surface area contributed by atoms with Gasteiger partial charge in [0.1, 0.15) is 0 Å². The molecule has 224 valence electrons. The lowest BCUT2D eigenvalue weighted by molar-refractivity contribution is 0.00578. The van der Waals surface area contributed by atoms with Crippen LogP contribution in [0.2, 0.25) is 0 Å². The first-order valence-corrected chi connectivity index (χ1v) is 15.8. The molecule has 7 aromatic rings. The highest BCUT2D eigenvalue weighted by Crippen LogP contribution is 2.37. The molecular formula is C40H34BN3O2. The number of benzene rings is 5. The minimum atomic E-state index is -0.409. The lowest BCUT2D eigenvalue weighted by atomic mass is 9.79. The number of rotatable bonds is 5. The average Bonchev–Trinajstić information content (AvgIpc) is 3.54. The normalized spacial score (nSPS) is 15.5. The first-order valence-electron chi connectivity index (χ1n) is 15.8. The van der Waals surface area contributed by atoms with E-state index in [0.29, 0.717) is 5.82 Å². The van der Waals surface area contributed by atoms with Crippen LogP contribution in [0.3, 0.4) is 0 Å². The fourth-order valence-electron chi connectivity index (χ4n) is 6.23. The fraction of sp³-hybridized carbons (Fsp3) is 0.150. The number of para-hydroxylation sites is 2. The van der Waals surface area contributed by atoms with Gasteiger partial charge in [-0.2, -0.15) is 0 Å². The highest BCUT2D eigenvalue weighted by atomic mass is 16.7. The highest BCUT2D eigenvalue weighted by molar-refractivity contribution is 6.62. The Morgan fingerprint density at radius 1 is 0.522 bits per heavy atom. The van der Waals surface area contributed by atoms with Crippen molar-refractivity contribution in [1.82, 2.24) is 14.5 Å². The summed E-state index contributed by atoms with van der Waals surface area (Å²) in [5.41, 5.74) is 8.43. The molecule has 1 aliphatic rings. The smallest absolute Gasteiger partial charge is 0.399 e. The lowest BCUT2D eigenvalue weighted by Gasteiger charge is -2.32. The van der Waals surface area contributed by atoms with Gasteiger partial charge < -0.3 is 13.9 Å². The highest BCUT2D eigenvalue weighted by Gasteiger charge is 2.51. The number of aromatic nitrogens is 3. The Bertz CT molecular complexity index is 2140. The first-order chi connectivity index (χ1) is 22.3. The molecule has 1 saturated heterocycles. The molecule has 5 aromatic carbocycles. The second-order valence-electron chi connectivity index (χ2n) is 13.0. The molecule has 0 atom stereocenters. The van der Waals surface area contributed by atoms with Crippen molar-refractivity contribution in [1.29, 1.82) is 0 Å². The van der Waals surface area contributed by atoms with Crippen molar-refractivity contribution in [3.63, 3.8) is 0 Å². The Hall–Kier alpha value is -5.04. The van der Waals surface area contributed by atoms with E-state index in [4.69, 9.17) is 19.3 Å². The molecule has 0 aliphatic carbocycles. The van der Waals surface area contributed by atoms with E-state index in [2.05, 4.69) is 148 Å². The molecule has 5 nitrogen and oxygen atoms in total. The van der Waals surface area contributed by atoms with Gasteiger partial charge in [-0.25, -0.2) is 9.97 Å². The number of hydrogen-bond acceptors (Lipinski definition) is 4. The van der Waals surface area contributed by atoms with Gasteiger partial charge in [0.15, 0.2) is 5.82 Å². The van der Waals surface area contributed by atoms with Crippen LogP contribution in [-0.4, -0.2) is 32.9 Å². The Kier molecular flexibility index (Phi) is 6.68. The van der Waals surface area contributed by atoms with Crippen molar-refractivity contribution in [3.8, 4) is 39.6 Å². The molecule has 46 heavy (non-hydrogen) atoms. The minimum Gasteiger partial charge on any atom is -0.399 e. The summed E-state index contributed by atoms with van der Waals surface area (Å²) in [7, 11) is -0.409. The van der Waals surface area contributed by atoms with E-state index >= 15 is 0 Å². The largest absolute Gasteiger partial charge is 0.494 e. The molecule has 0 N–H and O–H groups in total. The second-order valence-corrected chi connectivity index (χ2v) is 13.0. The third-order valence-corrected chi connectivity index (χ3v) is 9.49. The summed E-state index contributed by atoms with van der Waals surface area (Å²) >= 11 is 0. The molecule has 0 unspecified atom stereocenters. The van der Waals surface area contributed by atoms with Gasteiger partial charge in [0.25, 0.3) is 0 Å². The van der Waals surface area contributed by atoms with Gasteiger partial charge in [-0.3, -0.25) is 0 Å². The van der Waals surface area contributed by atoms with Crippen LogP contribution in [0, 0.1) is 0 Å². The van der Waals surface area contributed by atoms with E-state index in [9.17, 15) is 0 Å². The van der Waals surface area contributed by atoms with Crippen LogP contribution in [0.15, 0.2) is 133 Å². The van der Waals surface area contributed by atoms with Crippen LogP contribution in [0.25, 0.3) is 61.4 Å². The third kappa shape index (κ3) is 4.82. The summed E-state index contributed by atoms with van der Waals surface area (Å²) in [6.07, 6.45) is 0. The number of hydrogen-bond donors (Lipinski definition) is 0. The molecule has 6 heteroatoms. The summed E-state index contributed by atoms with van der Waals surface area (Å²) in [4.78, 5) is 10.1. The molecule has 2 aromatic heterocycles. The molecule has 0 radical (unpaired) electrons. The summed E-state index contributed by atoms with van der Waals surface area (Å²) in [5, 5.41) is 2.50. The fourth-order valence-corrected chi connectivity index (χ4v) is 6.23. The van der Waals surface area contributed by atoms with Gasteiger partial charge in [0, 0.05) is 33.2 Å². The molecule has 0 bridgehead atoms. The van der Waals surface area contributed by atoms with Crippen molar-refractivity contribution < 1.29 is 9.31 Å². The maximum absolute atomic E-state index is 6.28. The predicted octanol–water partition coefficient (Wildman–Crippen LogP) is 8.87. The SMILES string of the molecule is CC1(C)OB(c2ccc(-c3cc(-c4ccc(-n5c6ccccc6c6ccccc65)cc4)nc(-c4ccccc4)n3)cc2)OC1(C)C. The standard InChI is InChI=1S/C40H34BN3O2/c1-39(2)40(3,4)46-41(45-39)30-22-18-27(19-23-30)34-26-35(43-38(42-34)29-12-6-5-7-13-29)28-20-24-31(25-21-28)44-36-16-10-8-14-32(36)33-15-9-11-17-37(33)44/h5-26H,1-4H3. The van der Waals surface area contributed by atoms with Crippen molar-refractivity contribution in [2.75, 3.05) is 0 Å². The maximum atomic E-state index is 6.28. The van der Waals surface area contributed by atoms with E-state index < -0.39 is 7.12 Å². The van der Waals surface area contributed by atoms with Crippen molar-refractivity contribution in [3.05, 3.63) is 133 Å². The third-order valence-electron chi connectivity index (χ3n) is 9.49. The summed E-state index contributed by atoms with van der Waals surface area (Å²) in [6.45, 7) is 8.30. The lowest BCUT2D eigenvalue weighted by Crippen LogP contribution is -2.41. The van der Waals surface area contributed by atoms with Crippen molar-refractivity contribution in [2.24, 2.45) is 0 Å². The van der Waals surface area contributed by atoms with Crippen LogP contribution in [0.4, 0.5) is 0 Å². The molecule has 0 spiro atoms. The molecule has 1 aliphatic heterocycles. The number of nitrogens with zero attached hydrogens (tertiary/aromatic N) is 3. The molecule has 3 heterocycles. The summed E-state index contributed by atoms with van der Waals surface area (Å²) in [5.74, 6) is 0.689. The second kappa shape index (κ2) is 10.8. The van der Waals surface area contributed by atoms with E-state index in [1.54, 1.807) is 0 Å². The zero-order valence-electron chi connectivity index (χ0n) is 26.4. The van der Waals surface area contributed by atoms with Crippen LogP contribution in [0.5, 0.6) is 0 Å². The van der Waals surface area contributed by atoms with Crippen molar-refractivity contribution >= 4 is 34.4 Å². The Balaban J connectivity index is 1.18. The van der Waals surface area contributed by atoms with Gasteiger partial charge >= 0.3 is 7.12 Å². The van der Waals surface area contributed by atoms with Gasteiger partial charge in [-0.1, -0.05) is 103 Å². The molecule has 0 amide bonds. The summed E-state index contributed by atoms with van der Waals surface area (Å²) < 4.78 is 14.9. The molecule has 1 fully saturated rings. The quantitative estimate of drug-likeness (QED) is 0.186. The first kappa shape index (κ1) is 28.4. The van der Waals surface area contributed by atoms with Crippen molar-refractivity contribution in [2.45, 2.75) is 38.9 Å². The minimum absolute atomic E-state index is 0.389. The van der Waals surface area contributed by atoms with Gasteiger partial charge in [0.05, 0.1) is 33.6 Å². The monoisotopic (exact) mass is 599 g/mol. The average molecular weight is 600 g/mol. The number of fused-ring (bicyclic) bond motifs is 3. The Morgan fingerprint density at radius 2 is 1.00 bits per heavy atom. The predicted molar refractivity (Wildman–Crippen MR) is 188 cm³/mol. The van der Waals surface area contributed by atoms with E-state index in [0.717, 1.165) is 39.2 Å². The maximum Gasteiger partial charge on any atom is 0.494 e. The Labute approximate surface area is 269 Å². The molecular weight excluding hydrogens is 565 g/mol. The van der Waals surface area contributed by atoms with Crippen LogP contribution in [-0.2, 0) is 9.31 Å². The van der Waals surface area contributed by atoms with E-state index in [1.807, 2.05) is 18.2 Å². The van der Waals surface area contributed by atoms with Gasteiger partial charge in [0.2, 0.25) is 0 Å². The van der Waals surface area contributed by atoms with Gasteiger partial charge in [-0.15, -0.1) is 0 Å². The zero-order chi connectivity index (χ0) is 31.5. The van der Waals surface area contributed by atoms with Crippen LogP contribution < -0.4 is 5.46 Å². The topological polar surface area (TPSA) is 49.2 Å². The molecule has 8 rings (SSSR count). The summed E-state index contributed by atoms with van der Waals surface area (Å²) in [6, 6.07) is 46.4. The zero-order valence-corrected chi connectivity index (χ0v) is 26.4. The Morgan fingerprint density at radius 3 is 1.54 bits per heavy atom. The van der Waals surface area contributed by atoms with E-state index in [-0.39, 0.29) is 11.2 Å².